The predicted octanol–water partition coefficient (Wildman–Crippen LogP) is 6.65. The minimum absolute atomic E-state index is 0.179. The quantitative estimate of drug-likeness (QED) is 0.577. The van der Waals surface area contributed by atoms with Crippen molar-refractivity contribution in [2.24, 2.45) is 35.5 Å². The molecule has 0 spiro atoms. The molecule has 0 unspecified atom stereocenters. The molecule has 8 bridgehead atoms. The minimum Gasteiger partial charge on any atom is -0.507 e. The molecule has 1 aromatic rings. The van der Waals surface area contributed by atoms with Gasteiger partial charge in [0, 0.05) is 27.5 Å². The molecule has 0 saturated heterocycles. The van der Waals surface area contributed by atoms with Crippen LogP contribution in [0.5, 0.6) is 11.5 Å². The van der Waals surface area contributed by atoms with E-state index >= 15 is 0 Å². The Kier molecular flexibility index (Phi) is 3.55. The molecule has 0 amide bonds. The van der Waals surface area contributed by atoms with Crippen molar-refractivity contribution in [3.63, 3.8) is 0 Å². The van der Waals surface area contributed by atoms with Crippen molar-refractivity contribution < 1.29 is 10.2 Å². The fourth-order valence-corrected chi connectivity index (χ4v) is 11.1. The highest BCUT2D eigenvalue weighted by atomic mass is 16.3. The lowest BCUT2D eigenvalue weighted by molar-refractivity contribution is -0.0102. The number of benzene rings is 1. The summed E-state index contributed by atoms with van der Waals surface area (Å²) in [6, 6.07) is 0. The summed E-state index contributed by atoms with van der Waals surface area (Å²) in [5, 5.41) is 22.9. The van der Waals surface area contributed by atoms with Crippen LogP contribution < -0.4 is 0 Å². The highest BCUT2D eigenvalue weighted by Crippen LogP contribution is 2.66. The third-order valence-corrected chi connectivity index (χ3v) is 11.1. The SMILES string of the molecule is Cc1c(O)c(C23CC4CC(CC(C4)C2)C3)c(C)c(C23CC4CC(CC(C4)C2)C3)c1O. The molecule has 0 heterocycles. The lowest BCUT2D eigenvalue weighted by Crippen LogP contribution is -2.50. The van der Waals surface area contributed by atoms with E-state index in [1.54, 1.807) is 0 Å². The van der Waals surface area contributed by atoms with Crippen molar-refractivity contribution >= 4 is 0 Å². The summed E-state index contributed by atoms with van der Waals surface area (Å²) >= 11 is 0. The first-order valence-corrected chi connectivity index (χ1v) is 12.9. The standard InChI is InChI=1S/C28H38O2/c1-15-23(27-9-17-3-18(10-27)5-19(4-17)11-27)25(29)16(2)26(30)24(15)28-12-20-6-21(13-28)8-22(7-20)14-28/h17-22,29-30H,3-14H2,1-2H3. The van der Waals surface area contributed by atoms with Gasteiger partial charge in [0.05, 0.1) is 0 Å². The molecule has 8 aliphatic carbocycles. The van der Waals surface area contributed by atoms with Gasteiger partial charge in [-0.3, -0.25) is 0 Å². The van der Waals surface area contributed by atoms with Crippen molar-refractivity contribution in [1.82, 2.24) is 0 Å². The zero-order valence-electron chi connectivity index (χ0n) is 18.8. The molecule has 0 atom stereocenters. The maximum atomic E-state index is 11.5. The van der Waals surface area contributed by atoms with Gasteiger partial charge in [0.2, 0.25) is 0 Å². The van der Waals surface area contributed by atoms with Crippen molar-refractivity contribution in [1.29, 1.82) is 0 Å². The van der Waals surface area contributed by atoms with Gasteiger partial charge < -0.3 is 10.2 Å². The van der Waals surface area contributed by atoms with Crippen LogP contribution in [0.3, 0.4) is 0 Å². The second-order valence-electron chi connectivity index (χ2n) is 13.1. The average Bonchev–Trinajstić information content (AvgIpc) is 2.64. The predicted molar refractivity (Wildman–Crippen MR) is 119 cm³/mol. The van der Waals surface area contributed by atoms with E-state index in [0.717, 1.165) is 41.1 Å². The summed E-state index contributed by atoms with van der Waals surface area (Å²) in [5.74, 6) is 6.10. The molecule has 162 valence electrons. The van der Waals surface area contributed by atoms with Crippen LogP contribution in [0, 0.1) is 49.4 Å². The first-order chi connectivity index (χ1) is 14.4. The van der Waals surface area contributed by atoms with Crippen molar-refractivity contribution in [3.05, 3.63) is 22.3 Å². The molecule has 0 aliphatic heterocycles. The molecule has 8 fully saturated rings. The van der Waals surface area contributed by atoms with Gasteiger partial charge in [-0.25, -0.2) is 0 Å². The number of hydrogen-bond donors (Lipinski definition) is 2. The van der Waals surface area contributed by atoms with E-state index in [1.165, 1.54) is 93.7 Å². The van der Waals surface area contributed by atoms with Gasteiger partial charge in [-0.15, -0.1) is 0 Å². The highest BCUT2D eigenvalue weighted by molar-refractivity contribution is 5.63. The molecule has 8 aliphatic rings. The molecule has 1 aromatic carbocycles. The highest BCUT2D eigenvalue weighted by Gasteiger charge is 2.56. The van der Waals surface area contributed by atoms with Gasteiger partial charge in [-0.2, -0.15) is 0 Å². The third-order valence-electron chi connectivity index (χ3n) is 11.1. The lowest BCUT2D eigenvalue weighted by Gasteiger charge is -2.59. The molecule has 2 nitrogen and oxygen atoms in total. The zero-order valence-corrected chi connectivity index (χ0v) is 18.8. The maximum absolute atomic E-state index is 11.5. The molecule has 0 radical (unpaired) electrons. The van der Waals surface area contributed by atoms with Gasteiger partial charge in [0.25, 0.3) is 0 Å². The number of phenolic OH excluding ortho intramolecular Hbond substituents is 2. The Labute approximate surface area is 181 Å². The summed E-state index contributed by atoms with van der Waals surface area (Å²) < 4.78 is 0. The van der Waals surface area contributed by atoms with Crippen LogP contribution in [-0.4, -0.2) is 10.2 Å². The van der Waals surface area contributed by atoms with Crippen LogP contribution >= 0.6 is 0 Å². The van der Waals surface area contributed by atoms with Crippen molar-refractivity contribution in [2.45, 2.75) is 102 Å². The summed E-state index contributed by atoms with van der Waals surface area (Å²) in [6.45, 7) is 4.26. The Morgan fingerprint density at radius 1 is 0.500 bits per heavy atom. The van der Waals surface area contributed by atoms with Gasteiger partial charge in [0.15, 0.2) is 0 Å². The van der Waals surface area contributed by atoms with Gasteiger partial charge in [-0.1, -0.05) is 0 Å². The summed E-state index contributed by atoms with van der Waals surface area (Å²) in [6.07, 6.45) is 16.2. The Morgan fingerprint density at radius 2 is 0.767 bits per heavy atom. The largest absolute Gasteiger partial charge is 0.507 e. The normalized spacial score (nSPS) is 47.9. The summed E-state index contributed by atoms with van der Waals surface area (Å²) in [5.41, 5.74) is 4.98. The van der Waals surface area contributed by atoms with Gasteiger partial charge in [-0.05, 0) is 132 Å². The molecule has 8 saturated carbocycles. The number of hydrogen-bond acceptors (Lipinski definition) is 2. The molecular formula is C28H38O2. The summed E-state index contributed by atoms with van der Waals surface area (Å²) in [4.78, 5) is 0. The van der Waals surface area contributed by atoms with E-state index in [4.69, 9.17) is 0 Å². The van der Waals surface area contributed by atoms with E-state index in [1.807, 2.05) is 6.92 Å². The summed E-state index contributed by atoms with van der Waals surface area (Å²) in [7, 11) is 0. The number of aromatic hydroxyl groups is 2. The topological polar surface area (TPSA) is 40.5 Å². The van der Waals surface area contributed by atoms with E-state index in [9.17, 15) is 10.2 Å². The van der Waals surface area contributed by atoms with E-state index in [0.29, 0.717) is 11.5 Å². The smallest absolute Gasteiger partial charge is 0.126 e. The minimum atomic E-state index is 0.179. The van der Waals surface area contributed by atoms with E-state index in [2.05, 4.69) is 6.92 Å². The molecular weight excluding hydrogens is 368 g/mol. The van der Waals surface area contributed by atoms with Crippen LogP contribution in [0.15, 0.2) is 0 Å². The van der Waals surface area contributed by atoms with Crippen LogP contribution in [0.2, 0.25) is 0 Å². The molecule has 2 N–H and O–H groups in total. The fourth-order valence-electron chi connectivity index (χ4n) is 11.1. The Hall–Kier alpha value is -1.18. The van der Waals surface area contributed by atoms with Crippen molar-refractivity contribution in [2.75, 3.05) is 0 Å². The Bertz CT molecular complexity index is 783. The van der Waals surface area contributed by atoms with Crippen molar-refractivity contribution in [3.8, 4) is 11.5 Å². The first kappa shape index (κ1) is 18.4. The van der Waals surface area contributed by atoms with Crippen LogP contribution in [0.1, 0.15) is 99.3 Å². The second kappa shape index (κ2) is 5.78. The van der Waals surface area contributed by atoms with Crippen LogP contribution in [0.25, 0.3) is 0 Å². The maximum Gasteiger partial charge on any atom is 0.126 e. The molecule has 2 heteroatoms. The molecule has 9 rings (SSSR count). The number of phenols is 2. The van der Waals surface area contributed by atoms with Gasteiger partial charge >= 0.3 is 0 Å². The number of rotatable bonds is 2. The van der Waals surface area contributed by atoms with E-state index < -0.39 is 0 Å². The monoisotopic (exact) mass is 406 g/mol. The lowest BCUT2D eigenvalue weighted by atomic mass is 9.45. The molecule has 30 heavy (non-hydrogen) atoms. The second-order valence-corrected chi connectivity index (χ2v) is 13.1. The third kappa shape index (κ3) is 2.27. The first-order valence-electron chi connectivity index (χ1n) is 12.9. The van der Waals surface area contributed by atoms with Gasteiger partial charge in [0.1, 0.15) is 11.5 Å². The Morgan fingerprint density at radius 3 is 1.03 bits per heavy atom. The van der Waals surface area contributed by atoms with Crippen LogP contribution in [0.4, 0.5) is 0 Å². The Balaban J connectivity index is 1.42. The van der Waals surface area contributed by atoms with Crippen LogP contribution in [-0.2, 0) is 10.8 Å². The molecule has 0 aromatic heterocycles. The zero-order chi connectivity index (χ0) is 20.4. The van der Waals surface area contributed by atoms with E-state index in [-0.39, 0.29) is 10.8 Å². The average molecular weight is 407 g/mol. The fraction of sp³-hybridized carbons (Fsp3) is 0.786.